The Balaban J connectivity index is 2.00. The van der Waals surface area contributed by atoms with Gasteiger partial charge in [0.05, 0.1) is 7.11 Å². The third kappa shape index (κ3) is 3.87. The standard InChI is InChI=1S/C17H22N2O3/c1-12-3-5-15(22-2)14(11-12)4-6-16(20)19-9-7-13(8-10-19)17(18)21/h3-6,11,13H,7-10H2,1-2H3,(H2,18,21). The van der Waals surface area contributed by atoms with E-state index in [1.54, 1.807) is 24.2 Å². The van der Waals surface area contributed by atoms with Crippen molar-refractivity contribution in [2.45, 2.75) is 19.8 Å². The molecule has 0 spiro atoms. The van der Waals surface area contributed by atoms with Gasteiger partial charge in [-0.25, -0.2) is 0 Å². The summed E-state index contributed by atoms with van der Waals surface area (Å²) in [6, 6.07) is 5.83. The number of ether oxygens (including phenoxy) is 1. The molecule has 2 N–H and O–H groups in total. The van der Waals surface area contributed by atoms with Crippen LogP contribution in [0.25, 0.3) is 6.08 Å². The summed E-state index contributed by atoms with van der Waals surface area (Å²) < 4.78 is 5.29. The number of hydrogen-bond acceptors (Lipinski definition) is 3. The van der Waals surface area contributed by atoms with Gasteiger partial charge in [0, 0.05) is 30.6 Å². The molecule has 0 unspecified atom stereocenters. The minimum atomic E-state index is -0.271. The van der Waals surface area contributed by atoms with E-state index in [9.17, 15) is 9.59 Å². The van der Waals surface area contributed by atoms with Gasteiger partial charge in [-0.15, -0.1) is 0 Å². The minimum Gasteiger partial charge on any atom is -0.496 e. The molecule has 1 saturated heterocycles. The molecule has 5 nitrogen and oxygen atoms in total. The molecule has 1 fully saturated rings. The largest absolute Gasteiger partial charge is 0.496 e. The number of nitrogens with zero attached hydrogens (tertiary/aromatic N) is 1. The Bertz CT molecular complexity index is 588. The maximum Gasteiger partial charge on any atom is 0.246 e. The molecule has 0 radical (unpaired) electrons. The molecule has 0 saturated carbocycles. The molecule has 22 heavy (non-hydrogen) atoms. The highest BCUT2D eigenvalue weighted by Gasteiger charge is 2.24. The van der Waals surface area contributed by atoms with Crippen LogP contribution in [0.3, 0.4) is 0 Å². The van der Waals surface area contributed by atoms with Crippen LogP contribution in [0.15, 0.2) is 24.3 Å². The van der Waals surface area contributed by atoms with Gasteiger partial charge in [-0.1, -0.05) is 11.6 Å². The van der Waals surface area contributed by atoms with Crippen LogP contribution >= 0.6 is 0 Å². The van der Waals surface area contributed by atoms with Gasteiger partial charge in [-0.05, 0) is 38.0 Å². The maximum atomic E-state index is 12.2. The van der Waals surface area contributed by atoms with Crippen molar-refractivity contribution < 1.29 is 14.3 Å². The molecular weight excluding hydrogens is 280 g/mol. The fourth-order valence-electron chi connectivity index (χ4n) is 2.63. The van der Waals surface area contributed by atoms with E-state index in [2.05, 4.69) is 0 Å². The number of hydrogen-bond donors (Lipinski definition) is 1. The Hall–Kier alpha value is -2.30. The number of primary amides is 1. The SMILES string of the molecule is COc1ccc(C)cc1C=CC(=O)N1CCC(C(N)=O)CC1. The Morgan fingerprint density at radius 1 is 1.32 bits per heavy atom. The van der Waals surface area contributed by atoms with Crippen molar-refractivity contribution in [3.63, 3.8) is 0 Å². The van der Waals surface area contributed by atoms with E-state index >= 15 is 0 Å². The van der Waals surface area contributed by atoms with Crippen LogP contribution < -0.4 is 10.5 Å². The van der Waals surface area contributed by atoms with Gasteiger partial charge in [0.2, 0.25) is 11.8 Å². The highest BCUT2D eigenvalue weighted by molar-refractivity contribution is 5.92. The van der Waals surface area contributed by atoms with Crippen LogP contribution in [0, 0.1) is 12.8 Å². The van der Waals surface area contributed by atoms with Gasteiger partial charge in [-0.3, -0.25) is 9.59 Å². The molecule has 1 aliphatic rings. The van der Waals surface area contributed by atoms with E-state index in [1.807, 2.05) is 25.1 Å². The number of likely N-dealkylation sites (tertiary alicyclic amines) is 1. The Morgan fingerprint density at radius 2 is 2.00 bits per heavy atom. The van der Waals surface area contributed by atoms with Gasteiger partial charge in [-0.2, -0.15) is 0 Å². The molecule has 1 heterocycles. The van der Waals surface area contributed by atoms with Gasteiger partial charge < -0.3 is 15.4 Å². The molecule has 2 amide bonds. The molecule has 1 aromatic carbocycles. The number of rotatable bonds is 4. The first-order valence-corrected chi connectivity index (χ1v) is 7.42. The van der Waals surface area contributed by atoms with E-state index in [0.717, 1.165) is 16.9 Å². The summed E-state index contributed by atoms with van der Waals surface area (Å²) in [6.45, 7) is 3.14. The van der Waals surface area contributed by atoms with Gasteiger partial charge in [0.15, 0.2) is 0 Å². The average Bonchev–Trinajstić information content (AvgIpc) is 2.52. The highest BCUT2D eigenvalue weighted by Crippen LogP contribution is 2.22. The lowest BCUT2D eigenvalue weighted by atomic mass is 9.96. The molecule has 5 heteroatoms. The van der Waals surface area contributed by atoms with Crippen molar-refractivity contribution in [1.29, 1.82) is 0 Å². The van der Waals surface area contributed by atoms with E-state index in [-0.39, 0.29) is 17.7 Å². The summed E-state index contributed by atoms with van der Waals surface area (Å²) in [6.07, 6.45) is 4.61. The summed E-state index contributed by atoms with van der Waals surface area (Å²) in [4.78, 5) is 25.1. The van der Waals surface area contributed by atoms with Crippen LogP contribution in [0.1, 0.15) is 24.0 Å². The van der Waals surface area contributed by atoms with Crippen molar-refractivity contribution in [3.05, 3.63) is 35.4 Å². The van der Waals surface area contributed by atoms with E-state index in [0.29, 0.717) is 25.9 Å². The molecule has 0 atom stereocenters. The molecule has 118 valence electrons. The number of carbonyl (C=O) groups excluding carboxylic acids is 2. The van der Waals surface area contributed by atoms with Crippen molar-refractivity contribution in [2.75, 3.05) is 20.2 Å². The molecular formula is C17H22N2O3. The first-order valence-electron chi connectivity index (χ1n) is 7.42. The quantitative estimate of drug-likeness (QED) is 0.861. The Labute approximate surface area is 130 Å². The first-order chi connectivity index (χ1) is 10.5. The average molecular weight is 302 g/mol. The third-order valence-corrected chi connectivity index (χ3v) is 4.00. The lowest BCUT2D eigenvalue weighted by molar-refractivity contribution is -0.130. The Morgan fingerprint density at radius 3 is 2.59 bits per heavy atom. The second kappa shape index (κ2) is 7.11. The number of nitrogens with two attached hydrogens (primary N) is 1. The predicted octanol–water partition coefficient (Wildman–Crippen LogP) is 1.74. The van der Waals surface area contributed by atoms with Crippen molar-refractivity contribution in [3.8, 4) is 5.75 Å². The monoisotopic (exact) mass is 302 g/mol. The van der Waals surface area contributed by atoms with Crippen LogP contribution in [-0.2, 0) is 9.59 Å². The maximum absolute atomic E-state index is 12.2. The van der Waals surface area contributed by atoms with Gasteiger partial charge in [0.25, 0.3) is 0 Å². The lowest BCUT2D eigenvalue weighted by Crippen LogP contribution is -2.41. The highest BCUT2D eigenvalue weighted by atomic mass is 16.5. The summed E-state index contributed by atoms with van der Waals surface area (Å²) in [5.74, 6) is 0.311. The number of piperidine rings is 1. The zero-order valence-corrected chi connectivity index (χ0v) is 13.0. The molecule has 2 rings (SSSR count). The molecule has 1 aliphatic heterocycles. The fourth-order valence-corrected chi connectivity index (χ4v) is 2.63. The minimum absolute atomic E-state index is 0.0496. The number of benzene rings is 1. The second-order valence-corrected chi connectivity index (χ2v) is 5.58. The summed E-state index contributed by atoms with van der Waals surface area (Å²) >= 11 is 0. The molecule has 1 aromatic rings. The number of methoxy groups -OCH3 is 1. The van der Waals surface area contributed by atoms with Gasteiger partial charge in [0.1, 0.15) is 5.75 Å². The van der Waals surface area contributed by atoms with E-state index < -0.39 is 0 Å². The Kier molecular flexibility index (Phi) is 5.20. The summed E-state index contributed by atoms with van der Waals surface area (Å²) in [7, 11) is 1.61. The first kappa shape index (κ1) is 16.1. The second-order valence-electron chi connectivity index (χ2n) is 5.58. The lowest BCUT2D eigenvalue weighted by Gasteiger charge is -2.29. The van der Waals surface area contributed by atoms with Crippen molar-refractivity contribution in [1.82, 2.24) is 4.90 Å². The summed E-state index contributed by atoms with van der Waals surface area (Å²) in [5, 5.41) is 0. The molecule has 0 bridgehead atoms. The zero-order chi connectivity index (χ0) is 16.1. The summed E-state index contributed by atoms with van der Waals surface area (Å²) in [5.41, 5.74) is 7.28. The molecule has 0 aliphatic carbocycles. The molecule has 0 aromatic heterocycles. The smallest absolute Gasteiger partial charge is 0.246 e. The zero-order valence-electron chi connectivity index (χ0n) is 13.0. The van der Waals surface area contributed by atoms with Crippen LogP contribution in [-0.4, -0.2) is 36.9 Å². The topological polar surface area (TPSA) is 72.6 Å². The number of carbonyl (C=O) groups is 2. The number of amides is 2. The van der Waals surface area contributed by atoms with E-state index in [1.165, 1.54) is 0 Å². The van der Waals surface area contributed by atoms with Crippen LogP contribution in [0.2, 0.25) is 0 Å². The van der Waals surface area contributed by atoms with Crippen LogP contribution in [0.4, 0.5) is 0 Å². The van der Waals surface area contributed by atoms with Gasteiger partial charge >= 0.3 is 0 Å². The van der Waals surface area contributed by atoms with Crippen LogP contribution in [0.5, 0.6) is 5.75 Å². The number of aryl methyl sites for hydroxylation is 1. The van der Waals surface area contributed by atoms with E-state index in [4.69, 9.17) is 10.5 Å². The normalized spacial score (nSPS) is 16.0. The van der Waals surface area contributed by atoms with Crippen molar-refractivity contribution in [2.24, 2.45) is 11.7 Å². The van der Waals surface area contributed by atoms with Crippen molar-refractivity contribution >= 4 is 17.9 Å². The predicted molar refractivity (Wildman–Crippen MR) is 85.3 cm³/mol. The fraction of sp³-hybridized carbons (Fsp3) is 0.412. The third-order valence-electron chi connectivity index (χ3n) is 4.00.